The van der Waals surface area contributed by atoms with E-state index in [2.05, 4.69) is 4.98 Å². The molecule has 2 heterocycles. The van der Waals surface area contributed by atoms with Crippen LogP contribution >= 0.6 is 0 Å². The normalized spacial score (nSPS) is 19.0. The average Bonchev–Trinajstić information content (AvgIpc) is 2.86. The molecule has 1 aliphatic rings. The van der Waals surface area contributed by atoms with Crippen LogP contribution in [0.15, 0.2) is 24.5 Å². The van der Waals surface area contributed by atoms with Crippen LogP contribution in [0.2, 0.25) is 0 Å². The number of likely N-dealkylation sites (tertiary alicyclic amines) is 1. The van der Waals surface area contributed by atoms with Crippen molar-refractivity contribution in [3.8, 4) is 0 Å². The molecule has 2 rings (SSSR count). The monoisotopic (exact) mass is 264 g/mol. The number of amides is 1. The number of halogens is 1. The van der Waals surface area contributed by atoms with Gasteiger partial charge < -0.3 is 10.0 Å². The van der Waals surface area contributed by atoms with Crippen molar-refractivity contribution in [1.29, 1.82) is 0 Å². The van der Waals surface area contributed by atoms with E-state index in [0.29, 0.717) is 18.5 Å². The zero-order valence-corrected chi connectivity index (χ0v) is 10.1. The van der Waals surface area contributed by atoms with E-state index in [9.17, 15) is 14.0 Å². The smallest absolute Gasteiger partial charge is 0.308 e. The maximum Gasteiger partial charge on any atom is 0.308 e. The third kappa shape index (κ3) is 3.37. The first kappa shape index (κ1) is 13.2. The minimum atomic E-state index is -0.881. The first-order valence-corrected chi connectivity index (χ1v) is 5.86. The van der Waals surface area contributed by atoms with Gasteiger partial charge in [-0.25, -0.2) is 4.39 Å². The van der Waals surface area contributed by atoms with Crippen molar-refractivity contribution >= 4 is 18.0 Å². The zero-order valence-electron chi connectivity index (χ0n) is 10.1. The predicted octanol–water partition coefficient (Wildman–Crippen LogP) is 1.17. The molecule has 1 N–H and O–H groups in total. The summed E-state index contributed by atoms with van der Waals surface area (Å²) in [4.78, 5) is 27.7. The average molecular weight is 264 g/mol. The zero-order chi connectivity index (χ0) is 13.8. The lowest BCUT2D eigenvalue weighted by Crippen LogP contribution is -2.28. The second-order valence-electron chi connectivity index (χ2n) is 4.38. The van der Waals surface area contributed by atoms with Gasteiger partial charge >= 0.3 is 5.97 Å². The topological polar surface area (TPSA) is 70.5 Å². The highest BCUT2D eigenvalue weighted by Crippen LogP contribution is 2.16. The van der Waals surface area contributed by atoms with Gasteiger partial charge in [-0.1, -0.05) is 0 Å². The summed E-state index contributed by atoms with van der Waals surface area (Å²) in [5, 5.41) is 8.85. The Bertz CT molecular complexity index is 530. The van der Waals surface area contributed by atoms with Crippen molar-refractivity contribution in [1.82, 2.24) is 9.88 Å². The minimum absolute atomic E-state index is 0.222. The van der Waals surface area contributed by atoms with Gasteiger partial charge in [-0.15, -0.1) is 0 Å². The van der Waals surface area contributed by atoms with Crippen LogP contribution in [0.5, 0.6) is 0 Å². The summed E-state index contributed by atoms with van der Waals surface area (Å²) in [6, 6.07) is 1.26. The fourth-order valence-electron chi connectivity index (χ4n) is 1.95. The largest absolute Gasteiger partial charge is 0.481 e. The number of carboxylic acids is 1. The molecule has 1 amide bonds. The van der Waals surface area contributed by atoms with Crippen molar-refractivity contribution in [2.24, 2.45) is 5.92 Å². The van der Waals surface area contributed by atoms with Crippen LogP contribution in [0.25, 0.3) is 6.08 Å². The van der Waals surface area contributed by atoms with Crippen LogP contribution in [-0.4, -0.2) is 40.0 Å². The summed E-state index contributed by atoms with van der Waals surface area (Å²) in [7, 11) is 0. The minimum Gasteiger partial charge on any atom is -0.481 e. The van der Waals surface area contributed by atoms with Gasteiger partial charge in [0.05, 0.1) is 12.1 Å². The van der Waals surface area contributed by atoms with Crippen LogP contribution in [0, 0.1) is 11.7 Å². The molecule has 1 aliphatic heterocycles. The Hall–Kier alpha value is -2.24. The second kappa shape index (κ2) is 5.60. The van der Waals surface area contributed by atoms with Crippen LogP contribution < -0.4 is 0 Å². The van der Waals surface area contributed by atoms with Gasteiger partial charge in [-0.2, -0.15) is 0 Å². The molecule has 1 fully saturated rings. The summed E-state index contributed by atoms with van der Waals surface area (Å²) in [5.41, 5.74) is 0.488. The molecule has 1 atom stereocenters. The SMILES string of the molecule is O=C(O)C1CCN(C(=O)C=Cc2cncc(F)c2)C1. The summed E-state index contributed by atoms with van der Waals surface area (Å²) in [6.45, 7) is 0.654. The lowest BCUT2D eigenvalue weighted by Gasteiger charge is -2.12. The molecular weight excluding hydrogens is 251 g/mol. The van der Waals surface area contributed by atoms with E-state index >= 15 is 0 Å². The molecule has 5 nitrogen and oxygen atoms in total. The number of carbonyl (C=O) groups is 2. The molecule has 0 radical (unpaired) electrons. The lowest BCUT2D eigenvalue weighted by atomic mass is 10.1. The van der Waals surface area contributed by atoms with E-state index < -0.39 is 17.7 Å². The first-order valence-electron chi connectivity index (χ1n) is 5.86. The third-order valence-electron chi connectivity index (χ3n) is 2.99. The molecular formula is C13H13FN2O3. The molecule has 0 saturated carbocycles. The number of hydrogen-bond donors (Lipinski definition) is 1. The Morgan fingerprint density at radius 3 is 2.89 bits per heavy atom. The molecule has 100 valence electrons. The molecule has 0 spiro atoms. The molecule has 0 aromatic carbocycles. The van der Waals surface area contributed by atoms with E-state index in [0.717, 1.165) is 6.20 Å². The molecule has 19 heavy (non-hydrogen) atoms. The summed E-state index contributed by atoms with van der Waals surface area (Å²) < 4.78 is 12.9. The quantitative estimate of drug-likeness (QED) is 0.832. The van der Waals surface area contributed by atoms with E-state index in [4.69, 9.17) is 5.11 Å². The molecule has 1 aromatic heterocycles. The number of pyridine rings is 1. The van der Waals surface area contributed by atoms with Crippen molar-refractivity contribution in [2.75, 3.05) is 13.1 Å². The van der Waals surface area contributed by atoms with Gasteiger partial charge in [0.2, 0.25) is 5.91 Å². The molecule has 0 bridgehead atoms. The van der Waals surface area contributed by atoms with Crippen LogP contribution in [0.3, 0.4) is 0 Å². The Kier molecular flexibility index (Phi) is 3.89. The van der Waals surface area contributed by atoms with Gasteiger partial charge in [-0.3, -0.25) is 14.6 Å². The molecule has 1 saturated heterocycles. The van der Waals surface area contributed by atoms with Gasteiger partial charge in [0.1, 0.15) is 5.82 Å². The second-order valence-corrected chi connectivity index (χ2v) is 4.38. The summed E-state index contributed by atoms with van der Waals surface area (Å²) in [5.74, 6) is -2.11. The van der Waals surface area contributed by atoms with E-state index in [1.807, 2.05) is 0 Å². The van der Waals surface area contributed by atoms with Crippen molar-refractivity contribution < 1.29 is 19.1 Å². The first-order chi connectivity index (χ1) is 9.06. The molecule has 6 heteroatoms. The standard InChI is InChI=1S/C13H13FN2O3/c14-11-5-9(6-15-7-11)1-2-12(17)16-4-3-10(8-16)13(18)19/h1-2,5-7,10H,3-4,8H2,(H,18,19). The maximum atomic E-state index is 12.9. The summed E-state index contributed by atoms with van der Waals surface area (Å²) in [6.07, 6.45) is 5.76. The Morgan fingerprint density at radius 1 is 1.47 bits per heavy atom. The fourth-order valence-corrected chi connectivity index (χ4v) is 1.95. The molecule has 0 aliphatic carbocycles. The van der Waals surface area contributed by atoms with Gasteiger partial charge in [-0.05, 0) is 24.1 Å². The van der Waals surface area contributed by atoms with Crippen LogP contribution in [-0.2, 0) is 9.59 Å². The van der Waals surface area contributed by atoms with E-state index in [1.165, 1.54) is 29.3 Å². The molecule has 1 aromatic rings. The third-order valence-corrected chi connectivity index (χ3v) is 2.99. The number of carbonyl (C=O) groups excluding carboxylic acids is 1. The summed E-state index contributed by atoms with van der Waals surface area (Å²) >= 11 is 0. The highest BCUT2D eigenvalue weighted by atomic mass is 19.1. The van der Waals surface area contributed by atoms with Crippen LogP contribution in [0.1, 0.15) is 12.0 Å². The highest BCUT2D eigenvalue weighted by Gasteiger charge is 2.29. The van der Waals surface area contributed by atoms with Crippen molar-refractivity contribution in [3.05, 3.63) is 35.9 Å². The van der Waals surface area contributed by atoms with Gasteiger partial charge in [0.15, 0.2) is 0 Å². The predicted molar refractivity (Wildman–Crippen MR) is 65.6 cm³/mol. The Morgan fingerprint density at radius 2 is 2.26 bits per heavy atom. The van der Waals surface area contributed by atoms with Crippen LogP contribution in [0.4, 0.5) is 4.39 Å². The van der Waals surface area contributed by atoms with Crippen molar-refractivity contribution in [2.45, 2.75) is 6.42 Å². The highest BCUT2D eigenvalue weighted by molar-refractivity contribution is 5.92. The number of nitrogens with zero attached hydrogens (tertiary/aromatic N) is 2. The van der Waals surface area contributed by atoms with Gasteiger partial charge in [0.25, 0.3) is 0 Å². The van der Waals surface area contributed by atoms with Gasteiger partial charge in [0, 0.05) is 25.4 Å². The number of hydrogen-bond acceptors (Lipinski definition) is 3. The number of aliphatic carboxylic acids is 1. The number of rotatable bonds is 3. The Balaban J connectivity index is 1.96. The molecule has 1 unspecified atom stereocenters. The Labute approximate surface area is 109 Å². The number of aromatic nitrogens is 1. The van der Waals surface area contributed by atoms with E-state index in [1.54, 1.807) is 0 Å². The maximum absolute atomic E-state index is 12.9. The number of carboxylic acid groups (broad SMARTS) is 1. The lowest BCUT2D eigenvalue weighted by molar-refractivity contribution is -0.141. The fraction of sp³-hybridized carbons (Fsp3) is 0.308. The van der Waals surface area contributed by atoms with E-state index in [-0.39, 0.29) is 12.5 Å². The van der Waals surface area contributed by atoms with Crippen molar-refractivity contribution in [3.63, 3.8) is 0 Å².